The molecule has 2 heteroatoms. The van der Waals surface area contributed by atoms with Crippen molar-refractivity contribution >= 4 is 5.97 Å². The van der Waals surface area contributed by atoms with Gasteiger partial charge in [-0.25, -0.2) is 0 Å². The Bertz CT molecular complexity index is 332. The third-order valence-electron chi connectivity index (χ3n) is 4.69. The second-order valence-electron chi connectivity index (χ2n) is 5.93. The van der Waals surface area contributed by atoms with Crippen molar-refractivity contribution in [2.45, 2.75) is 39.2 Å². The maximum atomic E-state index is 11.6. The SMILES string of the molecule is CC(C)C(=O)O[C@H]1C[C@@H]2C[C@H]1[C@H]1C=CC[C@H]21. The number of ether oxygens (including phenoxy) is 1. The van der Waals surface area contributed by atoms with E-state index in [-0.39, 0.29) is 18.0 Å². The molecule has 0 saturated heterocycles. The minimum Gasteiger partial charge on any atom is -0.462 e. The van der Waals surface area contributed by atoms with Gasteiger partial charge in [-0.3, -0.25) is 4.79 Å². The Morgan fingerprint density at radius 1 is 1.31 bits per heavy atom. The van der Waals surface area contributed by atoms with E-state index in [0.717, 1.165) is 18.3 Å². The van der Waals surface area contributed by atoms with Gasteiger partial charge in [-0.15, -0.1) is 0 Å². The van der Waals surface area contributed by atoms with Crippen molar-refractivity contribution in [2.75, 3.05) is 0 Å². The molecule has 3 aliphatic rings. The Hall–Kier alpha value is -0.790. The highest BCUT2D eigenvalue weighted by Gasteiger charge is 2.53. The molecule has 3 rings (SSSR count). The van der Waals surface area contributed by atoms with Crippen LogP contribution in [0.3, 0.4) is 0 Å². The van der Waals surface area contributed by atoms with E-state index in [1.54, 1.807) is 0 Å². The first-order valence-electron chi connectivity index (χ1n) is 6.54. The molecule has 2 bridgehead atoms. The average Bonchev–Trinajstić information content (AvgIpc) is 2.87. The number of rotatable bonds is 2. The molecule has 0 unspecified atom stereocenters. The zero-order valence-electron chi connectivity index (χ0n) is 10.1. The van der Waals surface area contributed by atoms with Crippen LogP contribution in [-0.2, 0) is 9.53 Å². The molecule has 0 radical (unpaired) electrons. The number of allylic oxidation sites excluding steroid dienone is 2. The van der Waals surface area contributed by atoms with Crippen LogP contribution in [0.2, 0.25) is 0 Å². The van der Waals surface area contributed by atoms with Gasteiger partial charge in [-0.1, -0.05) is 26.0 Å². The summed E-state index contributed by atoms with van der Waals surface area (Å²) < 4.78 is 5.64. The summed E-state index contributed by atoms with van der Waals surface area (Å²) in [6.45, 7) is 3.82. The Labute approximate surface area is 97.1 Å². The molecule has 0 aromatic carbocycles. The Morgan fingerprint density at radius 3 is 2.88 bits per heavy atom. The van der Waals surface area contributed by atoms with Crippen LogP contribution in [0.25, 0.3) is 0 Å². The normalized spacial score (nSPS) is 44.1. The number of hydrogen-bond donors (Lipinski definition) is 0. The van der Waals surface area contributed by atoms with Crippen molar-refractivity contribution in [1.29, 1.82) is 0 Å². The summed E-state index contributed by atoms with van der Waals surface area (Å²) in [5.74, 6) is 3.01. The number of esters is 1. The van der Waals surface area contributed by atoms with Crippen LogP contribution in [0.1, 0.15) is 33.1 Å². The zero-order chi connectivity index (χ0) is 11.3. The molecule has 0 heterocycles. The summed E-state index contributed by atoms with van der Waals surface area (Å²) in [5.41, 5.74) is 0. The average molecular weight is 220 g/mol. The number of fused-ring (bicyclic) bond motifs is 5. The lowest BCUT2D eigenvalue weighted by Gasteiger charge is -2.31. The fourth-order valence-electron chi connectivity index (χ4n) is 3.91. The predicted octanol–water partition coefficient (Wildman–Crippen LogP) is 2.79. The standard InChI is InChI=1S/C14H20O2/c1-8(2)14(15)16-13-7-9-6-12(13)11-5-3-4-10(9)11/h3,5,8-13H,4,6-7H2,1-2H3/t9-,10+,11-,12-,13-/m0/s1. The molecule has 16 heavy (non-hydrogen) atoms. The van der Waals surface area contributed by atoms with Gasteiger partial charge < -0.3 is 4.74 Å². The van der Waals surface area contributed by atoms with E-state index >= 15 is 0 Å². The first-order chi connectivity index (χ1) is 7.66. The highest BCUT2D eigenvalue weighted by molar-refractivity contribution is 5.71. The van der Waals surface area contributed by atoms with E-state index in [0.29, 0.717) is 11.8 Å². The van der Waals surface area contributed by atoms with Gasteiger partial charge in [0.2, 0.25) is 0 Å². The highest BCUT2D eigenvalue weighted by Crippen LogP contribution is 2.57. The van der Waals surface area contributed by atoms with Gasteiger partial charge in [-0.05, 0) is 37.0 Å². The second-order valence-corrected chi connectivity index (χ2v) is 5.93. The van der Waals surface area contributed by atoms with Crippen LogP contribution in [0.4, 0.5) is 0 Å². The van der Waals surface area contributed by atoms with Gasteiger partial charge in [-0.2, -0.15) is 0 Å². The molecule has 0 aromatic heterocycles. The summed E-state index contributed by atoms with van der Waals surface area (Å²) in [5, 5.41) is 0. The summed E-state index contributed by atoms with van der Waals surface area (Å²) in [6, 6.07) is 0. The Morgan fingerprint density at radius 2 is 2.12 bits per heavy atom. The molecular weight excluding hydrogens is 200 g/mol. The highest BCUT2D eigenvalue weighted by atomic mass is 16.5. The van der Waals surface area contributed by atoms with Gasteiger partial charge in [0, 0.05) is 5.92 Å². The van der Waals surface area contributed by atoms with Gasteiger partial charge >= 0.3 is 5.97 Å². The molecule has 0 N–H and O–H groups in total. The summed E-state index contributed by atoms with van der Waals surface area (Å²) in [4.78, 5) is 11.6. The van der Waals surface area contributed by atoms with Crippen molar-refractivity contribution in [2.24, 2.45) is 29.6 Å². The third kappa shape index (κ3) is 1.42. The smallest absolute Gasteiger partial charge is 0.308 e. The van der Waals surface area contributed by atoms with Gasteiger partial charge in [0.1, 0.15) is 6.10 Å². The van der Waals surface area contributed by atoms with Gasteiger partial charge in [0.25, 0.3) is 0 Å². The molecule has 0 spiro atoms. The molecule has 5 atom stereocenters. The van der Waals surface area contributed by atoms with Crippen LogP contribution in [0.5, 0.6) is 0 Å². The fraction of sp³-hybridized carbons (Fsp3) is 0.786. The minimum absolute atomic E-state index is 0.00837. The van der Waals surface area contributed by atoms with E-state index in [2.05, 4.69) is 12.2 Å². The van der Waals surface area contributed by atoms with E-state index in [1.807, 2.05) is 13.8 Å². The first-order valence-corrected chi connectivity index (χ1v) is 6.54. The molecule has 2 nitrogen and oxygen atoms in total. The monoisotopic (exact) mass is 220 g/mol. The summed E-state index contributed by atoms with van der Waals surface area (Å²) >= 11 is 0. The van der Waals surface area contributed by atoms with Crippen molar-refractivity contribution in [3.8, 4) is 0 Å². The fourth-order valence-corrected chi connectivity index (χ4v) is 3.91. The molecule has 0 amide bonds. The van der Waals surface area contributed by atoms with Crippen LogP contribution in [0, 0.1) is 29.6 Å². The predicted molar refractivity (Wildman–Crippen MR) is 61.7 cm³/mol. The van der Waals surface area contributed by atoms with Crippen molar-refractivity contribution in [3.63, 3.8) is 0 Å². The molecule has 0 aromatic rings. The molecule has 2 saturated carbocycles. The maximum absolute atomic E-state index is 11.6. The number of carbonyl (C=O) groups excluding carboxylic acids is 1. The van der Waals surface area contributed by atoms with Crippen LogP contribution in [0.15, 0.2) is 12.2 Å². The lowest BCUT2D eigenvalue weighted by Crippen LogP contribution is -2.33. The summed E-state index contributed by atoms with van der Waals surface area (Å²) in [7, 11) is 0. The van der Waals surface area contributed by atoms with Crippen LogP contribution in [-0.4, -0.2) is 12.1 Å². The van der Waals surface area contributed by atoms with Crippen LogP contribution >= 0.6 is 0 Å². The number of hydrogen-bond acceptors (Lipinski definition) is 2. The molecular formula is C14H20O2. The van der Waals surface area contributed by atoms with Gasteiger partial charge in [0.05, 0.1) is 5.92 Å². The molecule has 0 aliphatic heterocycles. The van der Waals surface area contributed by atoms with Crippen molar-refractivity contribution in [3.05, 3.63) is 12.2 Å². The summed E-state index contributed by atoms with van der Waals surface area (Å²) in [6.07, 6.45) is 8.56. The van der Waals surface area contributed by atoms with Crippen molar-refractivity contribution < 1.29 is 9.53 Å². The lowest BCUT2D eigenvalue weighted by atomic mass is 9.80. The number of carbonyl (C=O) groups is 1. The zero-order valence-corrected chi connectivity index (χ0v) is 10.1. The first kappa shape index (κ1) is 10.4. The lowest BCUT2D eigenvalue weighted by molar-refractivity contribution is -0.156. The van der Waals surface area contributed by atoms with E-state index in [9.17, 15) is 4.79 Å². The van der Waals surface area contributed by atoms with E-state index in [1.165, 1.54) is 12.8 Å². The Balaban J connectivity index is 1.68. The third-order valence-corrected chi connectivity index (χ3v) is 4.69. The largest absolute Gasteiger partial charge is 0.462 e. The molecule has 3 aliphatic carbocycles. The van der Waals surface area contributed by atoms with E-state index in [4.69, 9.17) is 4.74 Å². The second kappa shape index (κ2) is 3.61. The minimum atomic E-state index is -0.0175. The quantitative estimate of drug-likeness (QED) is 0.528. The maximum Gasteiger partial charge on any atom is 0.308 e. The van der Waals surface area contributed by atoms with Crippen LogP contribution < -0.4 is 0 Å². The molecule has 2 fully saturated rings. The topological polar surface area (TPSA) is 26.3 Å². The van der Waals surface area contributed by atoms with Gasteiger partial charge in [0.15, 0.2) is 0 Å². The van der Waals surface area contributed by atoms with Crippen molar-refractivity contribution in [1.82, 2.24) is 0 Å². The van der Waals surface area contributed by atoms with E-state index < -0.39 is 0 Å². The molecule has 88 valence electrons. The Kier molecular flexibility index (Phi) is 2.34.